The number of carbonyl (C=O) groups is 2. The number of alkyl carbamates (subject to hydrolysis) is 1. The minimum absolute atomic E-state index is 0.0763. The van der Waals surface area contributed by atoms with E-state index in [4.69, 9.17) is 4.74 Å². The molecule has 2 N–H and O–H groups in total. The van der Waals surface area contributed by atoms with Crippen LogP contribution in [0.15, 0.2) is 121 Å². The van der Waals surface area contributed by atoms with Crippen molar-refractivity contribution in [3.8, 4) is 0 Å². The van der Waals surface area contributed by atoms with Crippen molar-refractivity contribution in [2.45, 2.75) is 23.8 Å². The average molecular weight is 512 g/mol. The van der Waals surface area contributed by atoms with E-state index in [2.05, 4.69) is 41.7 Å². The summed E-state index contributed by atoms with van der Waals surface area (Å²) in [7, 11) is 0. The monoisotopic (exact) mass is 511 g/mol. The third-order valence-corrected chi connectivity index (χ3v) is 7.65. The molecule has 37 heavy (non-hydrogen) atoms. The van der Waals surface area contributed by atoms with Gasteiger partial charge in [0.15, 0.2) is 0 Å². The highest BCUT2D eigenvalue weighted by Crippen LogP contribution is 2.48. The molecular weight excluding hydrogens is 482 g/mol. The second-order valence-corrected chi connectivity index (χ2v) is 9.82. The maximum absolute atomic E-state index is 12.4. The number of carboxylic acid groups (broad SMARTS) is 1. The zero-order chi connectivity index (χ0) is 25.9. The van der Waals surface area contributed by atoms with E-state index in [1.54, 1.807) is 11.8 Å². The number of amides is 1. The SMILES string of the molecule is O=C(N[C@@H](CCSC(c1ccccc1)(c1ccccc1)c1ccccc1)C(=O)O)OCc1ccccc1. The number of hydrogen-bond donors (Lipinski definition) is 2. The molecule has 4 rings (SSSR count). The van der Waals surface area contributed by atoms with Crippen molar-refractivity contribution in [1.82, 2.24) is 5.32 Å². The van der Waals surface area contributed by atoms with Gasteiger partial charge in [-0.1, -0.05) is 121 Å². The van der Waals surface area contributed by atoms with Gasteiger partial charge in [-0.2, -0.15) is 0 Å². The van der Waals surface area contributed by atoms with Crippen molar-refractivity contribution in [1.29, 1.82) is 0 Å². The van der Waals surface area contributed by atoms with Gasteiger partial charge in [-0.25, -0.2) is 9.59 Å². The summed E-state index contributed by atoms with van der Waals surface area (Å²) in [6.07, 6.45) is -0.518. The molecule has 6 heteroatoms. The number of hydrogen-bond acceptors (Lipinski definition) is 4. The van der Waals surface area contributed by atoms with Gasteiger partial charge in [0, 0.05) is 0 Å². The van der Waals surface area contributed by atoms with E-state index in [0.29, 0.717) is 5.75 Å². The molecule has 0 spiro atoms. The average Bonchev–Trinajstić information content (AvgIpc) is 2.95. The maximum Gasteiger partial charge on any atom is 0.408 e. The van der Waals surface area contributed by atoms with E-state index in [-0.39, 0.29) is 13.0 Å². The first-order chi connectivity index (χ1) is 18.1. The Morgan fingerprint density at radius 1 is 0.730 bits per heavy atom. The summed E-state index contributed by atoms with van der Waals surface area (Å²) in [5.74, 6) is -0.615. The first-order valence-electron chi connectivity index (χ1n) is 12.1. The molecule has 0 aliphatic rings. The van der Waals surface area contributed by atoms with Crippen LogP contribution in [0.2, 0.25) is 0 Å². The lowest BCUT2D eigenvalue weighted by atomic mass is 9.84. The van der Waals surface area contributed by atoms with Crippen molar-refractivity contribution in [3.63, 3.8) is 0 Å². The van der Waals surface area contributed by atoms with Crippen LogP contribution in [0, 0.1) is 0 Å². The minimum Gasteiger partial charge on any atom is -0.480 e. The van der Waals surface area contributed by atoms with Crippen LogP contribution in [0.3, 0.4) is 0 Å². The van der Waals surface area contributed by atoms with E-state index in [1.165, 1.54) is 0 Å². The lowest BCUT2D eigenvalue weighted by molar-refractivity contribution is -0.139. The molecule has 0 saturated carbocycles. The fraction of sp³-hybridized carbons (Fsp3) is 0.161. The van der Waals surface area contributed by atoms with E-state index >= 15 is 0 Å². The Labute approximate surface area is 221 Å². The highest BCUT2D eigenvalue weighted by atomic mass is 32.2. The molecule has 1 atom stereocenters. The zero-order valence-corrected chi connectivity index (χ0v) is 21.1. The number of benzene rings is 4. The molecule has 0 aliphatic heterocycles. The van der Waals surface area contributed by atoms with Crippen LogP contribution in [-0.2, 0) is 20.9 Å². The van der Waals surface area contributed by atoms with Gasteiger partial charge in [0.05, 0.1) is 4.75 Å². The lowest BCUT2D eigenvalue weighted by Crippen LogP contribution is -2.41. The molecule has 4 aromatic rings. The quantitative estimate of drug-likeness (QED) is 0.225. The van der Waals surface area contributed by atoms with E-state index < -0.39 is 22.9 Å². The molecule has 0 heterocycles. The zero-order valence-electron chi connectivity index (χ0n) is 20.3. The maximum atomic E-state index is 12.4. The predicted octanol–water partition coefficient (Wildman–Crippen LogP) is 6.48. The summed E-state index contributed by atoms with van der Waals surface area (Å²) in [5, 5.41) is 12.3. The van der Waals surface area contributed by atoms with Gasteiger partial charge in [-0.15, -0.1) is 11.8 Å². The summed E-state index contributed by atoms with van der Waals surface area (Å²) >= 11 is 1.66. The van der Waals surface area contributed by atoms with Crippen LogP contribution >= 0.6 is 11.8 Å². The highest BCUT2D eigenvalue weighted by Gasteiger charge is 2.37. The molecule has 188 valence electrons. The lowest BCUT2D eigenvalue weighted by Gasteiger charge is -2.35. The number of nitrogens with one attached hydrogen (secondary N) is 1. The molecule has 0 saturated heterocycles. The molecule has 0 aliphatic carbocycles. The smallest absolute Gasteiger partial charge is 0.408 e. The molecule has 0 bridgehead atoms. The standard InChI is InChI=1S/C31H29NO4S/c33-29(34)28(32-30(35)36-23-24-13-5-1-6-14-24)21-22-37-31(25-15-7-2-8-16-25,26-17-9-3-10-18-26)27-19-11-4-12-20-27/h1-20,28H,21-23H2,(H,32,35)(H,33,34)/t28-/m0/s1. The summed E-state index contributed by atoms with van der Waals surface area (Å²) in [6, 6.07) is 38.8. The minimum atomic E-state index is -1.10. The molecule has 0 aromatic heterocycles. The van der Waals surface area contributed by atoms with Gasteiger partial charge in [0.1, 0.15) is 12.6 Å². The highest BCUT2D eigenvalue weighted by molar-refractivity contribution is 8.00. The molecule has 0 unspecified atom stereocenters. The summed E-state index contributed by atoms with van der Waals surface area (Å²) in [5.41, 5.74) is 4.12. The number of thioether (sulfide) groups is 1. The number of carbonyl (C=O) groups excluding carboxylic acids is 1. The molecule has 0 fully saturated rings. The first-order valence-corrected chi connectivity index (χ1v) is 13.1. The Balaban J connectivity index is 1.53. The van der Waals surface area contributed by atoms with Gasteiger partial charge in [-0.3, -0.25) is 0 Å². The van der Waals surface area contributed by atoms with Crippen molar-refractivity contribution >= 4 is 23.8 Å². The number of carboxylic acids is 1. The van der Waals surface area contributed by atoms with Crippen molar-refractivity contribution in [2.75, 3.05) is 5.75 Å². The van der Waals surface area contributed by atoms with E-state index in [0.717, 1.165) is 22.3 Å². The predicted molar refractivity (Wildman–Crippen MR) is 147 cm³/mol. The fourth-order valence-corrected chi connectivity index (χ4v) is 5.83. The van der Waals surface area contributed by atoms with Crippen LogP contribution < -0.4 is 5.32 Å². The Bertz CT molecular complexity index is 1170. The first kappa shape index (κ1) is 26.0. The Hall–Kier alpha value is -4.03. The van der Waals surface area contributed by atoms with Gasteiger partial charge in [0.25, 0.3) is 0 Å². The molecule has 1 amide bonds. The van der Waals surface area contributed by atoms with Crippen molar-refractivity contribution < 1.29 is 19.4 Å². The van der Waals surface area contributed by atoms with E-state index in [9.17, 15) is 14.7 Å². The summed E-state index contributed by atoms with van der Waals surface area (Å²) < 4.78 is 4.69. The summed E-state index contributed by atoms with van der Waals surface area (Å²) in [4.78, 5) is 24.3. The summed E-state index contributed by atoms with van der Waals surface area (Å²) in [6.45, 7) is 0.0763. The van der Waals surface area contributed by atoms with Crippen LogP contribution in [0.5, 0.6) is 0 Å². The Kier molecular flexibility index (Phi) is 9.00. The molecular formula is C31H29NO4S. The van der Waals surface area contributed by atoms with Gasteiger partial charge in [-0.05, 0) is 34.4 Å². The van der Waals surface area contributed by atoms with Crippen LogP contribution in [0.25, 0.3) is 0 Å². The number of rotatable bonds is 11. The Morgan fingerprint density at radius 2 is 1.16 bits per heavy atom. The molecule has 5 nitrogen and oxygen atoms in total. The van der Waals surface area contributed by atoms with E-state index in [1.807, 2.05) is 84.9 Å². The molecule has 0 radical (unpaired) electrons. The van der Waals surface area contributed by atoms with Crippen LogP contribution in [-0.4, -0.2) is 29.0 Å². The topological polar surface area (TPSA) is 75.6 Å². The molecule has 4 aromatic carbocycles. The van der Waals surface area contributed by atoms with Gasteiger partial charge >= 0.3 is 12.1 Å². The normalized spacial score (nSPS) is 11.9. The fourth-order valence-electron chi connectivity index (χ4n) is 4.26. The van der Waals surface area contributed by atoms with Crippen molar-refractivity contribution in [2.24, 2.45) is 0 Å². The van der Waals surface area contributed by atoms with Crippen LogP contribution in [0.1, 0.15) is 28.7 Å². The van der Waals surface area contributed by atoms with Crippen LogP contribution in [0.4, 0.5) is 4.79 Å². The third kappa shape index (κ3) is 6.60. The largest absolute Gasteiger partial charge is 0.480 e. The third-order valence-electron chi connectivity index (χ3n) is 6.07. The Morgan fingerprint density at radius 3 is 1.59 bits per heavy atom. The second-order valence-electron chi connectivity index (χ2n) is 8.51. The van der Waals surface area contributed by atoms with Crippen molar-refractivity contribution in [3.05, 3.63) is 144 Å². The second kappa shape index (κ2) is 12.8. The van der Waals surface area contributed by atoms with Gasteiger partial charge < -0.3 is 15.2 Å². The number of ether oxygens (including phenoxy) is 1. The number of aliphatic carboxylic acids is 1. The van der Waals surface area contributed by atoms with Gasteiger partial charge in [0.2, 0.25) is 0 Å².